The lowest BCUT2D eigenvalue weighted by atomic mass is 10.1. The summed E-state index contributed by atoms with van der Waals surface area (Å²) in [6.45, 7) is 3.36. The molecule has 1 aromatic carbocycles. The van der Waals surface area contributed by atoms with Crippen LogP contribution in [0.3, 0.4) is 0 Å². The highest BCUT2D eigenvalue weighted by atomic mass is 32.1. The number of hydrogen-bond donors (Lipinski definition) is 2. The van der Waals surface area contributed by atoms with Crippen LogP contribution in [0.25, 0.3) is 11.3 Å². The fourth-order valence-corrected chi connectivity index (χ4v) is 2.02. The molecule has 1 amide bonds. The number of thiazole rings is 1. The summed E-state index contributed by atoms with van der Waals surface area (Å²) in [5.41, 5.74) is 1.27. The fourth-order valence-electron chi connectivity index (χ4n) is 1.30. The van der Waals surface area contributed by atoms with E-state index in [9.17, 15) is 9.90 Å². The molecule has 0 saturated carbocycles. The van der Waals surface area contributed by atoms with Crippen LogP contribution in [0.5, 0.6) is 5.75 Å². The van der Waals surface area contributed by atoms with Crippen LogP contribution in [0.15, 0.2) is 42.3 Å². The Morgan fingerprint density at radius 2 is 2.24 bits per heavy atom. The molecule has 0 saturated heterocycles. The largest absolute Gasteiger partial charge is 0.507 e. The first-order chi connectivity index (χ1) is 8.20. The number of aromatic nitrogens is 1. The van der Waals surface area contributed by atoms with Crippen molar-refractivity contribution >= 4 is 22.4 Å². The predicted octanol–water partition coefficient (Wildman–Crippen LogP) is 2.64. The van der Waals surface area contributed by atoms with E-state index in [4.69, 9.17) is 0 Å². The summed E-state index contributed by atoms with van der Waals surface area (Å²) < 4.78 is 0. The van der Waals surface area contributed by atoms with Crippen molar-refractivity contribution in [2.24, 2.45) is 0 Å². The minimum Gasteiger partial charge on any atom is -0.507 e. The van der Waals surface area contributed by atoms with Gasteiger partial charge in [-0.25, -0.2) is 4.98 Å². The molecule has 1 heterocycles. The van der Waals surface area contributed by atoms with E-state index in [1.165, 1.54) is 17.4 Å². The molecule has 0 spiro atoms. The van der Waals surface area contributed by atoms with Gasteiger partial charge in [0.1, 0.15) is 5.75 Å². The first-order valence-electron chi connectivity index (χ1n) is 4.88. The number of amides is 1. The summed E-state index contributed by atoms with van der Waals surface area (Å²) in [7, 11) is 0. The molecular formula is C12H10N2O2S. The lowest BCUT2D eigenvalue weighted by Crippen LogP contribution is -2.06. The van der Waals surface area contributed by atoms with Gasteiger partial charge in [-0.2, -0.15) is 0 Å². The molecule has 86 valence electrons. The van der Waals surface area contributed by atoms with E-state index < -0.39 is 0 Å². The van der Waals surface area contributed by atoms with E-state index in [0.717, 1.165) is 0 Å². The SMILES string of the molecule is C=CC(=O)Nc1nc(-c2ccccc2O)cs1. The normalized spacial score (nSPS) is 9.88. The van der Waals surface area contributed by atoms with Crippen molar-refractivity contribution in [2.75, 3.05) is 5.32 Å². The summed E-state index contributed by atoms with van der Waals surface area (Å²) in [4.78, 5) is 15.3. The van der Waals surface area contributed by atoms with E-state index in [2.05, 4.69) is 16.9 Å². The van der Waals surface area contributed by atoms with E-state index in [-0.39, 0.29) is 11.7 Å². The van der Waals surface area contributed by atoms with Gasteiger partial charge >= 0.3 is 0 Å². The van der Waals surface area contributed by atoms with E-state index in [0.29, 0.717) is 16.4 Å². The average molecular weight is 246 g/mol. The third kappa shape index (κ3) is 2.51. The summed E-state index contributed by atoms with van der Waals surface area (Å²) >= 11 is 1.29. The number of rotatable bonds is 3. The summed E-state index contributed by atoms with van der Waals surface area (Å²) in [5, 5.41) is 14.5. The molecule has 0 radical (unpaired) electrons. The van der Waals surface area contributed by atoms with Crippen LogP contribution in [0, 0.1) is 0 Å². The molecular weight excluding hydrogens is 236 g/mol. The van der Waals surface area contributed by atoms with Gasteiger partial charge in [-0.3, -0.25) is 10.1 Å². The molecule has 4 nitrogen and oxygen atoms in total. The van der Waals surface area contributed by atoms with Crippen molar-refractivity contribution in [1.82, 2.24) is 4.98 Å². The lowest BCUT2D eigenvalue weighted by Gasteiger charge is -1.99. The van der Waals surface area contributed by atoms with Crippen molar-refractivity contribution in [3.8, 4) is 17.0 Å². The van der Waals surface area contributed by atoms with Crippen molar-refractivity contribution in [1.29, 1.82) is 0 Å². The number of benzene rings is 1. The molecule has 5 heteroatoms. The summed E-state index contributed by atoms with van der Waals surface area (Å²) in [6.07, 6.45) is 1.18. The Morgan fingerprint density at radius 3 is 2.94 bits per heavy atom. The number of phenols is 1. The number of carbonyl (C=O) groups excluding carboxylic acids is 1. The van der Waals surface area contributed by atoms with Crippen LogP contribution in [0.2, 0.25) is 0 Å². The molecule has 0 unspecified atom stereocenters. The standard InChI is InChI=1S/C12H10N2O2S/c1-2-11(16)14-12-13-9(7-17-12)8-5-3-4-6-10(8)15/h2-7,15H,1H2,(H,13,14,16). The zero-order valence-corrected chi connectivity index (χ0v) is 9.70. The monoisotopic (exact) mass is 246 g/mol. The number of carbonyl (C=O) groups is 1. The van der Waals surface area contributed by atoms with Crippen molar-refractivity contribution < 1.29 is 9.90 Å². The minimum absolute atomic E-state index is 0.166. The number of anilines is 1. The van der Waals surface area contributed by atoms with Crippen LogP contribution < -0.4 is 5.32 Å². The number of nitrogens with zero attached hydrogens (tertiary/aromatic N) is 1. The zero-order valence-electron chi connectivity index (χ0n) is 8.88. The Hall–Kier alpha value is -2.14. The molecule has 0 atom stereocenters. The topological polar surface area (TPSA) is 62.2 Å². The van der Waals surface area contributed by atoms with Crippen molar-refractivity contribution in [3.63, 3.8) is 0 Å². The van der Waals surface area contributed by atoms with E-state index in [1.54, 1.807) is 23.6 Å². The van der Waals surface area contributed by atoms with Crippen LogP contribution in [-0.4, -0.2) is 16.0 Å². The molecule has 1 aromatic heterocycles. The second-order valence-corrected chi connectivity index (χ2v) is 4.11. The highest BCUT2D eigenvalue weighted by molar-refractivity contribution is 7.14. The Balaban J connectivity index is 2.27. The maximum Gasteiger partial charge on any atom is 0.249 e. The van der Waals surface area contributed by atoms with Gasteiger partial charge in [-0.1, -0.05) is 18.7 Å². The molecule has 2 aromatic rings. The van der Waals surface area contributed by atoms with Crippen molar-refractivity contribution in [2.45, 2.75) is 0 Å². The molecule has 0 aliphatic heterocycles. The first kappa shape index (κ1) is 11.3. The van der Waals surface area contributed by atoms with Gasteiger partial charge in [0, 0.05) is 10.9 Å². The molecule has 2 rings (SSSR count). The van der Waals surface area contributed by atoms with Gasteiger partial charge in [-0.05, 0) is 18.2 Å². The van der Waals surface area contributed by atoms with Gasteiger partial charge in [-0.15, -0.1) is 11.3 Å². The van der Waals surface area contributed by atoms with Gasteiger partial charge < -0.3 is 5.11 Å². The lowest BCUT2D eigenvalue weighted by molar-refractivity contribution is -0.111. The molecule has 2 N–H and O–H groups in total. The Labute approximate surface area is 102 Å². The maximum absolute atomic E-state index is 11.1. The third-order valence-electron chi connectivity index (χ3n) is 2.10. The Kier molecular flexibility index (Phi) is 3.20. The second-order valence-electron chi connectivity index (χ2n) is 3.25. The predicted molar refractivity (Wildman–Crippen MR) is 68.0 cm³/mol. The minimum atomic E-state index is -0.303. The highest BCUT2D eigenvalue weighted by Gasteiger charge is 2.08. The smallest absolute Gasteiger partial charge is 0.249 e. The number of aromatic hydroxyl groups is 1. The second kappa shape index (κ2) is 4.80. The van der Waals surface area contributed by atoms with Gasteiger partial charge in [0.25, 0.3) is 0 Å². The van der Waals surface area contributed by atoms with Gasteiger partial charge in [0.2, 0.25) is 5.91 Å². The third-order valence-corrected chi connectivity index (χ3v) is 2.86. The summed E-state index contributed by atoms with van der Waals surface area (Å²) in [6, 6.07) is 6.92. The molecule has 0 aliphatic carbocycles. The van der Waals surface area contributed by atoms with E-state index >= 15 is 0 Å². The van der Waals surface area contributed by atoms with Crippen LogP contribution in [-0.2, 0) is 4.79 Å². The van der Waals surface area contributed by atoms with Crippen molar-refractivity contribution in [3.05, 3.63) is 42.3 Å². The van der Waals surface area contributed by atoms with Gasteiger partial charge in [0.05, 0.1) is 5.69 Å². The number of phenolic OH excluding ortho intramolecular Hbond substituents is 1. The Morgan fingerprint density at radius 1 is 1.47 bits per heavy atom. The zero-order chi connectivity index (χ0) is 12.3. The molecule has 17 heavy (non-hydrogen) atoms. The Bertz CT molecular complexity index is 563. The number of para-hydroxylation sites is 1. The molecule has 0 bridgehead atoms. The maximum atomic E-state index is 11.1. The summed E-state index contributed by atoms with van der Waals surface area (Å²) in [5.74, 6) is -0.136. The van der Waals surface area contributed by atoms with Gasteiger partial charge in [0.15, 0.2) is 5.13 Å². The van der Waals surface area contributed by atoms with Crippen LogP contribution in [0.1, 0.15) is 0 Å². The van der Waals surface area contributed by atoms with E-state index in [1.807, 2.05) is 6.07 Å². The number of nitrogens with one attached hydrogen (secondary N) is 1. The molecule has 0 aliphatic rings. The fraction of sp³-hybridized carbons (Fsp3) is 0. The quantitative estimate of drug-likeness (QED) is 0.818. The average Bonchev–Trinajstić information content (AvgIpc) is 2.78. The number of hydrogen-bond acceptors (Lipinski definition) is 4. The van der Waals surface area contributed by atoms with Crippen LogP contribution >= 0.6 is 11.3 Å². The molecule has 0 fully saturated rings. The highest BCUT2D eigenvalue weighted by Crippen LogP contribution is 2.30. The first-order valence-corrected chi connectivity index (χ1v) is 5.76. The van der Waals surface area contributed by atoms with Crippen LogP contribution in [0.4, 0.5) is 5.13 Å².